The summed E-state index contributed by atoms with van der Waals surface area (Å²) in [5.41, 5.74) is 2.10. The molecule has 116 valence electrons. The topological polar surface area (TPSA) is 41.5 Å². The fourth-order valence-electron chi connectivity index (χ4n) is 2.19. The smallest absolute Gasteiger partial charge is 0.170 e. The maximum atomic E-state index is 14.4. The molecule has 0 heterocycles. The minimum absolute atomic E-state index is 0.0665. The number of anilines is 1. The van der Waals surface area contributed by atoms with Gasteiger partial charge in [0.1, 0.15) is 0 Å². The van der Waals surface area contributed by atoms with E-state index in [1.54, 1.807) is 18.2 Å². The summed E-state index contributed by atoms with van der Waals surface area (Å²) in [5.74, 6) is 0.000805. The van der Waals surface area contributed by atoms with Crippen LogP contribution in [0.3, 0.4) is 0 Å². The molecule has 0 aliphatic heterocycles. The van der Waals surface area contributed by atoms with Crippen molar-refractivity contribution in [2.24, 2.45) is 0 Å². The van der Waals surface area contributed by atoms with E-state index in [9.17, 15) is 9.50 Å². The van der Waals surface area contributed by atoms with Gasteiger partial charge < -0.3 is 15.2 Å². The zero-order chi connectivity index (χ0) is 15.5. The average molecular weight is 366 g/mol. The molecule has 0 spiro atoms. The third-order valence-corrected chi connectivity index (χ3v) is 4.07. The van der Waals surface area contributed by atoms with E-state index in [0.717, 1.165) is 28.6 Å². The van der Waals surface area contributed by atoms with Crippen LogP contribution in [0.1, 0.15) is 24.0 Å². The summed E-state index contributed by atoms with van der Waals surface area (Å²) in [7, 11) is 0. The summed E-state index contributed by atoms with van der Waals surface area (Å²) >= 11 is 3.40. The van der Waals surface area contributed by atoms with Gasteiger partial charge in [-0.2, -0.15) is 0 Å². The number of nitrogens with one attached hydrogen (secondary N) is 1. The van der Waals surface area contributed by atoms with Crippen molar-refractivity contribution in [1.29, 1.82) is 0 Å². The zero-order valence-electron chi connectivity index (χ0n) is 12.0. The highest BCUT2D eigenvalue weighted by Gasteiger charge is 2.25. The van der Waals surface area contributed by atoms with Crippen LogP contribution in [-0.2, 0) is 13.2 Å². The number of aliphatic hydroxyl groups is 1. The Hall–Kier alpha value is -1.59. The third kappa shape index (κ3) is 3.59. The monoisotopic (exact) mass is 365 g/mol. The van der Waals surface area contributed by atoms with Crippen molar-refractivity contribution in [3.63, 3.8) is 0 Å². The van der Waals surface area contributed by atoms with Crippen LogP contribution in [0, 0.1) is 5.82 Å². The number of benzene rings is 2. The molecule has 0 amide bonds. The molecule has 1 saturated carbocycles. The molecule has 0 radical (unpaired) electrons. The summed E-state index contributed by atoms with van der Waals surface area (Å²) in [5, 5.41) is 12.5. The van der Waals surface area contributed by atoms with Gasteiger partial charge in [-0.05, 0) is 31.0 Å². The second kappa shape index (κ2) is 6.67. The molecule has 1 aliphatic rings. The van der Waals surface area contributed by atoms with Crippen LogP contribution in [0.4, 0.5) is 10.1 Å². The van der Waals surface area contributed by atoms with Gasteiger partial charge in [-0.1, -0.05) is 34.1 Å². The lowest BCUT2D eigenvalue weighted by Gasteiger charge is -2.13. The molecule has 5 heteroatoms. The molecule has 2 aromatic carbocycles. The zero-order valence-corrected chi connectivity index (χ0v) is 13.6. The summed E-state index contributed by atoms with van der Waals surface area (Å²) in [4.78, 5) is 0. The lowest BCUT2D eigenvalue weighted by atomic mass is 10.1. The molecule has 0 aromatic heterocycles. The number of hydrogen-bond donors (Lipinski definition) is 2. The Morgan fingerprint density at radius 1 is 1.23 bits per heavy atom. The molecule has 0 unspecified atom stereocenters. The van der Waals surface area contributed by atoms with E-state index >= 15 is 0 Å². The lowest BCUT2D eigenvalue weighted by Crippen LogP contribution is -2.06. The molecule has 3 nitrogen and oxygen atoms in total. The Labute approximate surface area is 137 Å². The Balaban J connectivity index is 1.74. The number of hydrogen-bond acceptors (Lipinski definition) is 3. The van der Waals surface area contributed by atoms with E-state index in [1.807, 2.05) is 18.2 Å². The first-order valence-electron chi connectivity index (χ1n) is 7.24. The van der Waals surface area contributed by atoms with Crippen molar-refractivity contribution in [3.8, 4) is 5.75 Å². The van der Waals surface area contributed by atoms with E-state index in [1.165, 1.54) is 0 Å². The van der Waals surface area contributed by atoms with Crippen LogP contribution in [0.2, 0.25) is 0 Å². The first-order valence-corrected chi connectivity index (χ1v) is 8.04. The second-order valence-electron chi connectivity index (χ2n) is 5.36. The highest BCUT2D eigenvalue weighted by molar-refractivity contribution is 9.10. The van der Waals surface area contributed by atoms with Gasteiger partial charge in [0, 0.05) is 27.8 Å². The molecule has 0 bridgehead atoms. The predicted molar refractivity (Wildman–Crippen MR) is 87.4 cm³/mol. The van der Waals surface area contributed by atoms with E-state index < -0.39 is 0 Å². The van der Waals surface area contributed by atoms with E-state index in [2.05, 4.69) is 21.2 Å². The van der Waals surface area contributed by atoms with Gasteiger partial charge >= 0.3 is 0 Å². The number of aliphatic hydroxyl groups excluding tert-OH is 1. The molecule has 2 N–H and O–H groups in total. The number of ether oxygens (including phenoxy) is 1. The molecular weight excluding hydrogens is 349 g/mol. The molecule has 3 rings (SSSR count). The Kier molecular flexibility index (Phi) is 4.64. The SMILES string of the molecule is OCc1ccc(Br)cc1NCc1cccc(OC2CC2)c1F. The minimum atomic E-state index is -0.317. The Morgan fingerprint density at radius 3 is 2.77 bits per heavy atom. The Morgan fingerprint density at radius 2 is 2.05 bits per heavy atom. The van der Waals surface area contributed by atoms with Crippen molar-refractivity contribution in [3.05, 3.63) is 57.8 Å². The predicted octanol–water partition coefficient (Wildman–Crippen LogP) is 4.23. The number of rotatable bonds is 6. The summed E-state index contributed by atoms with van der Waals surface area (Å²) in [6.07, 6.45) is 2.17. The molecule has 2 aromatic rings. The van der Waals surface area contributed by atoms with Gasteiger partial charge in [0.25, 0.3) is 0 Å². The fraction of sp³-hybridized carbons (Fsp3) is 0.294. The van der Waals surface area contributed by atoms with Crippen molar-refractivity contribution < 1.29 is 14.2 Å². The van der Waals surface area contributed by atoms with Gasteiger partial charge in [0.15, 0.2) is 11.6 Å². The normalized spacial score (nSPS) is 14.0. The van der Waals surface area contributed by atoms with Gasteiger partial charge in [0.05, 0.1) is 12.7 Å². The lowest BCUT2D eigenvalue weighted by molar-refractivity contribution is 0.282. The molecular formula is C17H17BrFNO2. The first kappa shape index (κ1) is 15.3. The number of halogens is 2. The van der Waals surface area contributed by atoms with E-state index in [4.69, 9.17) is 4.74 Å². The maximum Gasteiger partial charge on any atom is 0.170 e. The van der Waals surface area contributed by atoms with Crippen LogP contribution in [0.25, 0.3) is 0 Å². The van der Waals surface area contributed by atoms with Crippen LogP contribution in [-0.4, -0.2) is 11.2 Å². The summed E-state index contributed by atoms with van der Waals surface area (Å²) < 4.78 is 20.9. The summed E-state index contributed by atoms with van der Waals surface area (Å²) in [6.45, 7) is 0.264. The van der Waals surface area contributed by atoms with Crippen molar-refractivity contribution in [2.75, 3.05) is 5.32 Å². The largest absolute Gasteiger partial charge is 0.487 e. The van der Waals surface area contributed by atoms with Gasteiger partial charge in [0.2, 0.25) is 0 Å². The molecule has 0 atom stereocenters. The van der Waals surface area contributed by atoms with Crippen molar-refractivity contribution >= 4 is 21.6 Å². The van der Waals surface area contributed by atoms with Crippen LogP contribution < -0.4 is 10.1 Å². The average Bonchev–Trinajstić information content (AvgIpc) is 3.32. The van der Waals surface area contributed by atoms with Crippen LogP contribution >= 0.6 is 15.9 Å². The van der Waals surface area contributed by atoms with Crippen molar-refractivity contribution in [1.82, 2.24) is 0 Å². The van der Waals surface area contributed by atoms with Gasteiger partial charge in [-0.15, -0.1) is 0 Å². The quantitative estimate of drug-likeness (QED) is 0.804. The molecule has 1 fully saturated rings. The highest BCUT2D eigenvalue weighted by Crippen LogP contribution is 2.30. The standard InChI is InChI=1S/C17H17BrFNO2/c18-13-5-4-12(10-21)15(8-13)20-9-11-2-1-3-16(17(11)19)22-14-6-7-14/h1-5,8,14,20-21H,6-7,9-10H2. The minimum Gasteiger partial charge on any atom is -0.487 e. The van der Waals surface area contributed by atoms with Crippen LogP contribution in [0.5, 0.6) is 5.75 Å². The van der Waals surface area contributed by atoms with Gasteiger partial charge in [-0.3, -0.25) is 0 Å². The molecule has 22 heavy (non-hydrogen) atoms. The van der Waals surface area contributed by atoms with E-state index in [-0.39, 0.29) is 18.5 Å². The second-order valence-corrected chi connectivity index (χ2v) is 6.28. The maximum absolute atomic E-state index is 14.4. The Bertz CT molecular complexity index is 674. The third-order valence-electron chi connectivity index (χ3n) is 3.57. The first-order chi connectivity index (χ1) is 10.7. The van der Waals surface area contributed by atoms with Gasteiger partial charge in [-0.25, -0.2) is 4.39 Å². The fourth-order valence-corrected chi connectivity index (χ4v) is 2.55. The molecule has 0 saturated heterocycles. The van der Waals surface area contributed by atoms with E-state index in [0.29, 0.717) is 17.9 Å². The van der Waals surface area contributed by atoms with Crippen molar-refractivity contribution in [2.45, 2.75) is 32.1 Å². The molecule has 1 aliphatic carbocycles. The summed E-state index contributed by atoms with van der Waals surface area (Å²) in [6, 6.07) is 10.8. The van der Waals surface area contributed by atoms with Crippen LogP contribution in [0.15, 0.2) is 40.9 Å². The highest BCUT2D eigenvalue weighted by atomic mass is 79.9.